The fraction of sp³-hybridized carbons (Fsp3) is 0.571. The van der Waals surface area contributed by atoms with E-state index in [9.17, 15) is 4.39 Å². The van der Waals surface area contributed by atoms with Crippen LogP contribution in [0.5, 0.6) is 5.75 Å². The normalized spacial score (nSPS) is 12.8. The van der Waals surface area contributed by atoms with Gasteiger partial charge in [0.1, 0.15) is 0 Å². The van der Waals surface area contributed by atoms with Gasteiger partial charge in [-0.05, 0) is 43.9 Å². The molecule has 0 amide bonds. The van der Waals surface area contributed by atoms with E-state index < -0.39 is 0 Å². The first-order chi connectivity index (χ1) is 8.06. The SMILES string of the molecule is CCC(CC)Oc1ccc(CC(C)N)cc1F. The summed E-state index contributed by atoms with van der Waals surface area (Å²) >= 11 is 0. The third kappa shape index (κ3) is 4.35. The number of halogens is 1. The summed E-state index contributed by atoms with van der Waals surface area (Å²) in [4.78, 5) is 0. The second-order valence-corrected chi connectivity index (χ2v) is 4.50. The van der Waals surface area contributed by atoms with Crippen LogP contribution in [-0.4, -0.2) is 12.1 Å². The maximum Gasteiger partial charge on any atom is 0.165 e. The Hall–Kier alpha value is -1.09. The summed E-state index contributed by atoms with van der Waals surface area (Å²) in [7, 11) is 0. The zero-order chi connectivity index (χ0) is 12.8. The molecule has 1 unspecified atom stereocenters. The Morgan fingerprint density at radius 2 is 1.94 bits per heavy atom. The zero-order valence-corrected chi connectivity index (χ0v) is 10.9. The van der Waals surface area contributed by atoms with Gasteiger partial charge >= 0.3 is 0 Å². The number of hydrogen-bond donors (Lipinski definition) is 1. The van der Waals surface area contributed by atoms with Crippen LogP contribution < -0.4 is 10.5 Å². The molecule has 96 valence electrons. The number of nitrogens with two attached hydrogens (primary N) is 1. The molecule has 1 atom stereocenters. The number of benzene rings is 1. The standard InChI is InChI=1S/C14H22FNO/c1-4-12(5-2)17-14-7-6-11(8-10(3)16)9-13(14)15/h6-7,9-10,12H,4-5,8,16H2,1-3H3. The van der Waals surface area contributed by atoms with E-state index in [-0.39, 0.29) is 18.0 Å². The summed E-state index contributed by atoms with van der Waals surface area (Å²) in [6.07, 6.45) is 2.54. The monoisotopic (exact) mass is 239 g/mol. The Labute approximate surface area is 103 Å². The van der Waals surface area contributed by atoms with E-state index in [1.54, 1.807) is 6.07 Å². The molecule has 0 aliphatic heterocycles. The topological polar surface area (TPSA) is 35.2 Å². The average Bonchev–Trinajstić information content (AvgIpc) is 2.27. The highest BCUT2D eigenvalue weighted by atomic mass is 19.1. The van der Waals surface area contributed by atoms with Gasteiger partial charge in [-0.15, -0.1) is 0 Å². The van der Waals surface area contributed by atoms with E-state index in [0.717, 1.165) is 18.4 Å². The maximum absolute atomic E-state index is 13.8. The van der Waals surface area contributed by atoms with Gasteiger partial charge in [0.25, 0.3) is 0 Å². The van der Waals surface area contributed by atoms with Crippen molar-refractivity contribution >= 4 is 0 Å². The van der Waals surface area contributed by atoms with Gasteiger partial charge in [0, 0.05) is 6.04 Å². The van der Waals surface area contributed by atoms with E-state index in [2.05, 4.69) is 0 Å². The van der Waals surface area contributed by atoms with Crippen molar-refractivity contribution in [1.82, 2.24) is 0 Å². The number of rotatable bonds is 6. The van der Waals surface area contributed by atoms with Gasteiger partial charge in [-0.2, -0.15) is 0 Å². The van der Waals surface area contributed by atoms with E-state index in [1.807, 2.05) is 26.8 Å². The molecular weight excluding hydrogens is 217 g/mol. The predicted octanol–water partition coefficient (Wildman–Crippen LogP) is 3.28. The summed E-state index contributed by atoms with van der Waals surface area (Å²) in [5, 5.41) is 0. The van der Waals surface area contributed by atoms with Crippen molar-refractivity contribution in [3.05, 3.63) is 29.6 Å². The Morgan fingerprint density at radius 3 is 2.41 bits per heavy atom. The van der Waals surface area contributed by atoms with E-state index in [1.165, 1.54) is 6.07 Å². The van der Waals surface area contributed by atoms with Crippen LogP contribution in [0.25, 0.3) is 0 Å². The molecule has 2 N–H and O–H groups in total. The fourth-order valence-corrected chi connectivity index (χ4v) is 1.77. The quantitative estimate of drug-likeness (QED) is 0.826. The second-order valence-electron chi connectivity index (χ2n) is 4.50. The molecule has 0 heterocycles. The zero-order valence-electron chi connectivity index (χ0n) is 10.9. The van der Waals surface area contributed by atoms with Crippen LogP contribution in [0.1, 0.15) is 39.2 Å². The molecular formula is C14H22FNO. The smallest absolute Gasteiger partial charge is 0.165 e. The Balaban J connectivity index is 2.75. The molecule has 1 aromatic rings. The van der Waals surface area contributed by atoms with Crippen molar-refractivity contribution in [3.8, 4) is 5.75 Å². The van der Waals surface area contributed by atoms with E-state index >= 15 is 0 Å². The summed E-state index contributed by atoms with van der Waals surface area (Å²) in [5.74, 6) is 0.0437. The molecule has 0 bridgehead atoms. The summed E-state index contributed by atoms with van der Waals surface area (Å²) in [6, 6.07) is 5.14. The van der Waals surface area contributed by atoms with Crippen LogP contribution >= 0.6 is 0 Å². The largest absolute Gasteiger partial charge is 0.487 e. The second kappa shape index (κ2) is 6.60. The van der Waals surface area contributed by atoms with Crippen LogP contribution in [0.4, 0.5) is 4.39 Å². The van der Waals surface area contributed by atoms with Crippen molar-refractivity contribution in [1.29, 1.82) is 0 Å². The minimum Gasteiger partial charge on any atom is -0.487 e. The first kappa shape index (κ1) is 14.0. The van der Waals surface area contributed by atoms with Crippen molar-refractivity contribution in [2.24, 2.45) is 5.73 Å². The van der Waals surface area contributed by atoms with Crippen molar-refractivity contribution in [2.45, 2.75) is 52.2 Å². The molecule has 1 rings (SSSR count). The van der Waals surface area contributed by atoms with Crippen LogP contribution in [0.2, 0.25) is 0 Å². The highest BCUT2D eigenvalue weighted by Gasteiger charge is 2.10. The van der Waals surface area contributed by atoms with Gasteiger partial charge in [0.05, 0.1) is 6.10 Å². The molecule has 0 aliphatic rings. The summed E-state index contributed by atoms with van der Waals surface area (Å²) in [6.45, 7) is 5.99. The minimum absolute atomic E-state index is 0.0419. The van der Waals surface area contributed by atoms with Crippen molar-refractivity contribution in [2.75, 3.05) is 0 Å². The average molecular weight is 239 g/mol. The minimum atomic E-state index is -0.296. The van der Waals surface area contributed by atoms with Gasteiger partial charge in [-0.3, -0.25) is 0 Å². The molecule has 0 aromatic heterocycles. The lowest BCUT2D eigenvalue weighted by Gasteiger charge is -2.16. The third-order valence-corrected chi connectivity index (χ3v) is 2.76. The van der Waals surface area contributed by atoms with Gasteiger partial charge in [0.2, 0.25) is 0 Å². The molecule has 3 heteroatoms. The number of hydrogen-bond acceptors (Lipinski definition) is 2. The lowest BCUT2D eigenvalue weighted by Crippen LogP contribution is -2.18. The van der Waals surface area contributed by atoms with E-state index in [4.69, 9.17) is 10.5 Å². The molecule has 2 nitrogen and oxygen atoms in total. The van der Waals surface area contributed by atoms with Crippen LogP contribution in [0, 0.1) is 5.82 Å². The van der Waals surface area contributed by atoms with Crippen molar-refractivity contribution < 1.29 is 9.13 Å². The molecule has 0 saturated heterocycles. The Kier molecular flexibility index (Phi) is 5.42. The molecule has 17 heavy (non-hydrogen) atoms. The molecule has 1 aromatic carbocycles. The Bertz CT molecular complexity index is 348. The predicted molar refractivity (Wildman–Crippen MR) is 68.8 cm³/mol. The number of ether oxygens (including phenoxy) is 1. The van der Waals surface area contributed by atoms with Crippen molar-refractivity contribution in [3.63, 3.8) is 0 Å². The first-order valence-corrected chi connectivity index (χ1v) is 6.27. The molecule has 0 aliphatic carbocycles. The van der Waals surface area contributed by atoms with Gasteiger partial charge in [-0.25, -0.2) is 4.39 Å². The Morgan fingerprint density at radius 1 is 1.29 bits per heavy atom. The highest BCUT2D eigenvalue weighted by molar-refractivity contribution is 5.30. The van der Waals surface area contributed by atoms with E-state index in [0.29, 0.717) is 12.2 Å². The van der Waals surface area contributed by atoms with Crippen LogP contribution in [0.3, 0.4) is 0 Å². The summed E-state index contributed by atoms with van der Waals surface area (Å²) < 4.78 is 19.4. The molecule has 0 spiro atoms. The molecule has 0 fully saturated rings. The van der Waals surface area contributed by atoms with Crippen LogP contribution in [0.15, 0.2) is 18.2 Å². The highest BCUT2D eigenvalue weighted by Crippen LogP contribution is 2.21. The molecule has 0 saturated carbocycles. The fourth-order valence-electron chi connectivity index (χ4n) is 1.77. The van der Waals surface area contributed by atoms with Gasteiger partial charge < -0.3 is 10.5 Å². The lowest BCUT2D eigenvalue weighted by molar-refractivity contribution is 0.184. The summed E-state index contributed by atoms with van der Waals surface area (Å²) in [5.41, 5.74) is 6.59. The van der Waals surface area contributed by atoms with Gasteiger partial charge in [0.15, 0.2) is 11.6 Å². The third-order valence-electron chi connectivity index (χ3n) is 2.76. The van der Waals surface area contributed by atoms with Gasteiger partial charge in [-0.1, -0.05) is 19.9 Å². The van der Waals surface area contributed by atoms with Crippen LogP contribution in [-0.2, 0) is 6.42 Å². The lowest BCUT2D eigenvalue weighted by atomic mass is 10.1. The maximum atomic E-state index is 13.8. The molecule has 0 radical (unpaired) electrons. The first-order valence-electron chi connectivity index (χ1n) is 6.27.